The highest BCUT2D eigenvalue weighted by Crippen LogP contribution is 2.14. The first-order valence-electron chi connectivity index (χ1n) is 7.63. The van der Waals surface area contributed by atoms with E-state index in [2.05, 4.69) is 67.0 Å². The van der Waals surface area contributed by atoms with Crippen LogP contribution in [0.4, 0.5) is 5.69 Å². The normalized spacial score (nSPS) is 9.91. The van der Waals surface area contributed by atoms with Gasteiger partial charge in [0.15, 0.2) is 5.11 Å². The Balaban J connectivity index is 1.97. The standard InChI is InChI=1S/C20H22N2S/c1-3-14-22(15-4-2)20(23)21-19-12-10-18(11-13-19)16-17-8-6-5-7-9-17/h3-13H,1-2,14-16H2,(H,21,23). The third-order valence-corrected chi connectivity index (χ3v) is 3.80. The zero-order valence-corrected chi connectivity index (χ0v) is 14.1. The van der Waals surface area contributed by atoms with Crippen molar-refractivity contribution in [1.82, 2.24) is 4.90 Å². The van der Waals surface area contributed by atoms with Crippen molar-refractivity contribution in [3.05, 3.63) is 91.0 Å². The molecule has 2 nitrogen and oxygen atoms in total. The Labute approximate surface area is 144 Å². The Morgan fingerprint density at radius 1 is 0.913 bits per heavy atom. The number of hydrogen-bond donors (Lipinski definition) is 1. The van der Waals surface area contributed by atoms with E-state index in [0.29, 0.717) is 18.2 Å². The van der Waals surface area contributed by atoms with E-state index >= 15 is 0 Å². The summed E-state index contributed by atoms with van der Waals surface area (Å²) in [5, 5.41) is 3.95. The lowest BCUT2D eigenvalue weighted by molar-refractivity contribution is 0.522. The molecule has 0 fully saturated rings. The fraction of sp³-hybridized carbons (Fsp3) is 0.150. The summed E-state index contributed by atoms with van der Waals surface area (Å²) in [4.78, 5) is 2.01. The van der Waals surface area contributed by atoms with Crippen LogP contribution in [0.5, 0.6) is 0 Å². The molecule has 2 rings (SSSR count). The van der Waals surface area contributed by atoms with Crippen LogP contribution in [-0.2, 0) is 6.42 Å². The van der Waals surface area contributed by atoms with Crippen molar-refractivity contribution < 1.29 is 0 Å². The van der Waals surface area contributed by atoms with Crippen LogP contribution in [0.25, 0.3) is 0 Å². The van der Waals surface area contributed by atoms with Crippen LogP contribution in [-0.4, -0.2) is 23.1 Å². The third-order valence-electron chi connectivity index (χ3n) is 3.44. The molecule has 3 heteroatoms. The van der Waals surface area contributed by atoms with E-state index in [1.165, 1.54) is 11.1 Å². The van der Waals surface area contributed by atoms with Crippen LogP contribution in [0.15, 0.2) is 79.9 Å². The maximum Gasteiger partial charge on any atom is 0.173 e. The molecule has 0 saturated carbocycles. The molecule has 0 aliphatic heterocycles. The molecular formula is C20H22N2S. The van der Waals surface area contributed by atoms with Crippen molar-refractivity contribution in [2.75, 3.05) is 18.4 Å². The Morgan fingerprint density at radius 2 is 1.48 bits per heavy atom. The number of nitrogens with one attached hydrogen (secondary N) is 1. The molecule has 0 aromatic heterocycles. The molecule has 2 aromatic carbocycles. The quantitative estimate of drug-likeness (QED) is 0.590. The molecule has 2 aromatic rings. The van der Waals surface area contributed by atoms with Crippen LogP contribution in [0, 0.1) is 0 Å². The molecule has 0 aliphatic rings. The molecular weight excluding hydrogens is 300 g/mol. The smallest absolute Gasteiger partial charge is 0.173 e. The summed E-state index contributed by atoms with van der Waals surface area (Å²) >= 11 is 5.45. The Bertz CT molecular complexity index is 637. The van der Waals surface area contributed by atoms with Crippen molar-refractivity contribution in [2.45, 2.75) is 6.42 Å². The summed E-state index contributed by atoms with van der Waals surface area (Å²) in [6.45, 7) is 8.92. The van der Waals surface area contributed by atoms with Crippen LogP contribution >= 0.6 is 12.2 Å². The molecule has 0 unspecified atom stereocenters. The van der Waals surface area contributed by atoms with Gasteiger partial charge in [-0.05, 0) is 41.9 Å². The molecule has 1 N–H and O–H groups in total. The Morgan fingerprint density at radius 3 is 2.04 bits per heavy atom. The van der Waals surface area contributed by atoms with Crippen LogP contribution in [0.1, 0.15) is 11.1 Å². The van der Waals surface area contributed by atoms with Crippen LogP contribution in [0.3, 0.4) is 0 Å². The van der Waals surface area contributed by atoms with Gasteiger partial charge in [0.2, 0.25) is 0 Å². The Kier molecular flexibility index (Phi) is 6.57. The first kappa shape index (κ1) is 17.0. The van der Waals surface area contributed by atoms with Gasteiger partial charge < -0.3 is 10.2 Å². The lowest BCUT2D eigenvalue weighted by Crippen LogP contribution is -2.34. The average Bonchev–Trinajstić information content (AvgIpc) is 2.57. The van der Waals surface area contributed by atoms with E-state index in [4.69, 9.17) is 12.2 Å². The van der Waals surface area contributed by atoms with Gasteiger partial charge in [-0.25, -0.2) is 0 Å². The maximum atomic E-state index is 5.45. The van der Waals surface area contributed by atoms with Crippen molar-refractivity contribution in [2.24, 2.45) is 0 Å². The lowest BCUT2D eigenvalue weighted by Gasteiger charge is -2.23. The minimum absolute atomic E-state index is 0.681. The summed E-state index contributed by atoms with van der Waals surface area (Å²) in [6.07, 6.45) is 4.60. The van der Waals surface area contributed by atoms with Gasteiger partial charge in [-0.15, -0.1) is 13.2 Å². The van der Waals surface area contributed by atoms with E-state index in [1.54, 1.807) is 0 Å². The lowest BCUT2D eigenvalue weighted by atomic mass is 10.0. The minimum atomic E-state index is 0.681. The van der Waals surface area contributed by atoms with Gasteiger partial charge in [0, 0.05) is 18.8 Å². The Hall–Kier alpha value is -2.39. The van der Waals surface area contributed by atoms with E-state index in [-0.39, 0.29) is 0 Å². The van der Waals surface area contributed by atoms with Gasteiger partial charge in [0.1, 0.15) is 0 Å². The topological polar surface area (TPSA) is 15.3 Å². The van der Waals surface area contributed by atoms with E-state index in [9.17, 15) is 0 Å². The number of hydrogen-bond acceptors (Lipinski definition) is 1. The molecule has 0 aliphatic carbocycles. The van der Waals surface area contributed by atoms with Gasteiger partial charge >= 0.3 is 0 Å². The van der Waals surface area contributed by atoms with Crippen LogP contribution in [0.2, 0.25) is 0 Å². The number of rotatable bonds is 7. The second-order valence-corrected chi connectivity index (χ2v) is 5.66. The molecule has 118 valence electrons. The fourth-order valence-corrected chi connectivity index (χ4v) is 2.56. The highest BCUT2D eigenvalue weighted by Gasteiger charge is 2.06. The molecule has 0 radical (unpaired) electrons. The second kappa shape index (κ2) is 8.91. The highest BCUT2D eigenvalue weighted by molar-refractivity contribution is 7.80. The number of benzene rings is 2. The van der Waals surface area contributed by atoms with Crippen molar-refractivity contribution in [1.29, 1.82) is 0 Å². The minimum Gasteiger partial charge on any atom is -0.342 e. The molecule has 0 spiro atoms. The predicted octanol–water partition coefficient (Wildman–Crippen LogP) is 4.65. The summed E-state index contributed by atoms with van der Waals surface area (Å²) in [6, 6.07) is 18.8. The van der Waals surface area contributed by atoms with Gasteiger partial charge in [0.05, 0.1) is 0 Å². The van der Waals surface area contributed by atoms with E-state index in [0.717, 1.165) is 12.1 Å². The maximum absolute atomic E-state index is 5.45. The van der Waals surface area contributed by atoms with Gasteiger partial charge in [-0.3, -0.25) is 0 Å². The number of thiocarbonyl (C=S) groups is 1. The SMILES string of the molecule is C=CCN(CC=C)C(=S)Nc1ccc(Cc2ccccc2)cc1. The van der Waals surface area contributed by atoms with Gasteiger partial charge in [-0.2, -0.15) is 0 Å². The fourth-order valence-electron chi connectivity index (χ4n) is 2.29. The average molecular weight is 322 g/mol. The number of nitrogens with zero attached hydrogens (tertiary/aromatic N) is 1. The van der Waals surface area contributed by atoms with Crippen molar-refractivity contribution >= 4 is 23.0 Å². The zero-order valence-electron chi connectivity index (χ0n) is 13.2. The monoisotopic (exact) mass is 322 g/mol. The van der Waals surface area contributed by atoms with Gasteiger partial charge in [-0.1, -0.05) is 54.6 Å². The van der Waals surface area contributed by atoms with Crippen LogP contribution < -0.4 is 5.32 Å². The second-order valence-electron chi connectivity index (χ2n) is 5.27. The molecule has 0 heterocycles. The summed E-state index contributed by atoms with van der Waals surface area (Å²) in [7, 11) is 0. The third kappa shape index (κ3) is 5.38. The molecule has 0 saturated heterocycles. The molecule has 23 heavy (non-hydrogen) atoms. The molecule has 0 amide bonds. The van der Waals surface area contributed by atoms with E-state index in [1.807, 2.05) is 23.1 Å². The first-order valence-corrected chi connectivity index (χ1v) is 8.04. The highest BCUT2D eigenvalue weighted by atomic mass is 32.1. The van der Waals surface area contributed by atoms with E-state index < -0.39 is 0 Å². The summed E-state index contributed by atoms with van der Waals surface area (Å²) in [5.41, 5.74) is 3.58. The van der Waals surface area contributed by atoms with Gasteiger partial charge in [0.25, 0.3) is 0 Å². The predicted molar refractivity (Wildman–Crippen MR) is 104 cm³/mol. The molecule has 0 atom stereocenters. The summed E-state index contributed by atoms with van der Waals surface area (Å²) < 4.78 is 0. The molecule has 0 bridgehead atoms. The first-order chi connectivity index (χ1) is 11.2. The summed E-state index contributed by atoms with van der Waals surface area (Å²) in [5.74, 6) is 0. The van der Waals surface area contributed by atoms with Crippen molar-refractivity contribution in [3.8, 4) is 0 Å². The van der Waals surface area contributed by atoms with Crippen molar-refractivity contribution in [3.63, 3.8) is 0 Å². The largest absolute Gasteiger partial charge is 0.342 e. The zero-order chi connectivity index (χ0) is 16.5. The number of anilines is 1.